The molecule has 5 aromatic rings. The van der Waals surface area contributed by atoms with Crippen molar-refractivity contribution in [2.75, 3.05) is 0 Å². The van der Waals surface area contributed by atoms with Gasteiger partial charge in [-0.1, -0.05) is 105 Å². The number of aromatic amines is 1. The van der Waals surface area contributed by atoms with E-state index in [9.17, 15) is 4.79 Å². The molecule has 0 fully saturated rings. The van der Waals surface area contributed by atoms with E-state index in [2.05, 4.69) is 91.7 Å². The minimum atomic E-state index is 0.103. The molecule has 5 heteroatoms. The summed E-state index contributed by atoms with van der Waals surface area (Å²) in [5.41, 5.74) is 10.8. The highest BCUT2D eigenvalue weighted by atomic mass is 79.9. The lowest BCUT2D eigenvalue weighted by Gasteiger charge is -2.20. The highest BCUT2D eigenvalue weighted by Gasteiger charge is 2.33. The second-order valence-electron chi connectivity index (χ2n) is 9.90. The third-order valence-corrected chi connectivity index (χ3v) is 8.57. The Labute approximate surface area is 234 Å². The largest absolute Gasteiger partial charge is 0.353 e. The van der Waals surface area contributed by atoms with Gasteiger partial charge in [-0.3, -0.25) is 4.79 Å². The van der Waals surface area contributed by atoms with Gasteiger partial charge in [-0.2, -0.15) is 0 Å². The van der Waals surface area contributed by atoms with Gasteiger partial charge in [-0.25, -0.2) is 0 Å². The van der Waals surface area contributed by atoms with Crippen LogP contribution in [0.2, 0.25) is 0 Å². The summed E-state index contributed by atoms with van der Waals surface area (Å²) in [4.78, 5) is 18.0. The normalized spacial score (nSPS) is 12.5. The fourth-order valence-electron chi connectivity index (χ4n) is 5.75. The van der Waals surface area contributed by atoms with Gasteiger partial charge in [0.15, 0.2) is 5.78 Å². The van der Waals surface area contributed by atoms with E-state index in [1.807, 2.05) is 30.3 Å². The summed E-state index contributed by atoms with van der Waals surface area (Å²) in [6, 6.07) is 22.6. The first-order chi connectivity index (χ1) is 18.0. The summed E-state index contributed by atoms with van der Waals surface area (Å²) in [5, 5.41) is 1.23. The number of hydrogen-bond acceptors (Lipinski definition) is 1. The van der Waals surface area contributed by atoms with Gasteiger partial charge in [-0.15, -0.1) is 0 Å². The Morgan fingerprint density at radius 1 is 1.03 bits per heavy atom. The lowest BCUT2D eigenvalue weighted by molar-refractivity contribution is 0.103. The molecule has 0 saturated carbocycles. The second-order valence-corrected chi connectivity index (χ2v) is 11.7. The molecule has 0 unspecified atom stereocenters. The van der Waals surface area contributed by atoms with E-state index in [0.717, 1.165) is 86.0 Å². The first-order valence-electron chi connectivity index (χ1n) is 12.9. The average Bonchev–Trinajstić information content (AvgIpc) is 3.43. The van der Waals surface area contributed by atoms with Gasteiger partial charge in [0.05, 0.1) is 17.0 Å². The topological polar surface area (TPSA) is 37.8 Å². The molecule has 0 aliphatic carbocycles. The minimum absolute atomic E-state index is 0.103. The Morgan fingerprint density at radius 3 is 2.51 bits per heavy atom. The Morgan fingerprint density at radius 2 is 1.78 bits per heavy atom. The maximum atomic E-state index is 14.3. The molecule has 0 amide bonds. The molecule has 0 bridgehead atoms. The quantitative estimate of drug-likeness (QED) is 0.190. The average molecular weight is 616 g/mol. The van der Waals surface area contributed by atoms with Gasteiger partial charge < -0.3 is 9.55 Å². The zero-order valence-corrected chi connectivity index (χ0v) is 24.2. The molecule has 3 aromatic carbocycles. The van der Waals surface area contributed by atoms with Crippen molar-refractivity contribution in [1.82, 2.24) is 9.55 Å². The van der Waals surface area contributed by atoms with Crippen molar-refractivity contribution in [3.8, 4) is 22.5 Å². The molecule has 6 rings (SSSR count). The number of nitrogens with zero attached hydrogens (tertiary/aromatic N) is 1. The van der Waals surface area contributed by atoms with Crippen LogP contribution in [0.15, 0.2) is 75.7 Å². The van der Waals surface area contributed by atoms with Crippen LogP contribution in [0.4, 0.5) is 0 Å². The maximum Gasteiger partial charge on any atom is 0.195 e. The molecule has 37 heavy (non-hydrogen) atoms. The SMILES string of the molecule is CCCCc1c(C(=O)c2ccccc2)c(-c2ccc(C)cc2)c2n1CCc1c-2[nH]c2cc(Br)cc(Br)c12. The van der Waals surface area contributed by atoms with Gasteiger partial charge in [0.2, 0.25) is 0 Å². The number of carbonyl (C=O) groups is 1. The van der Waals surface area contributed by atoms with E-state index in [0.29, 0.717) is 0 Å². The molecule has 0 atom stereocenters. The number of benzene rings is 3. The van der Waals surface area contributed by atoms with Crippen LogP contribution in [0.1, 0.15) is 52.5 Å². The van der Waals surface area contributed by atoms with Crippen molar-refractivity contribution in [2.24, 2.45) is 0 Å². The molecule has 186 valence electrons. The van der Waals surface area contributed by atoms with Crippen molar-refractivity contribution >= 4 is 48.5 Å². The molecule has 0 spiro atoms. The molecular weight excluding hydrogens is 588 g/mol. The monoisotopic (exact) mass is 614 g/mol. The van der Waals surface area contributed by atoms with E-state index < -0.39 is 0 Å². The number of nitrogens with one attached hydrogen (secondary N) is 1. The number of carbonyl (C=O) groups excluding carboxylic acids is 1. The smallest absolute Gasteiger partial charge is 0.195 e. The van der Waals surface area contributed by atoms with Crippen molar-refractivity contribution in [3.05, 3.63) is 104 Å². The number of aryl methyl sites for hydroxylation is 2. The van der Waals surface area contributed by atoms with E-state index >= 15 is 0 Å². The summed E-state index contributed by atoms with van der Waals surface area (Å²) in [7, 11) is 0. The van der Waals surface area contributed by atoms with Gasteiger partial charge in [0.25, 0.3) is 0 Å². The highest BCUT2D eigenvalue weighted by molar-refractivity contribution is 9.11. The Kier molecular flexibility index (Phi) is 6.46. The number of rotatable bonds is 6. The standard InChI is InChI=1S/C32H28Br2N2O/c1-3-4-10-26-29(32(37)21-8-6-5-7-9-21)27(20-13-11-19(2)12-14-20)31-30-23(15-16-36(26)31)28-24(34)17-22(33)18-25(28)35-30/h5-9,11-14,17-18,35H,3-4,10,15-16H2,1-2H3. The summed E-state index contributed by atoms with van der Waals surface area (Å²) in [5.74, 6) is 0.103. The fourth-order valence-corrected chi connectivity index (χ4v) is 7.21. The maximum absolute atomic E-state index is 14.3. The number of unbranched alkanes of at least 4 members (excludes halogenated alkanes) is 1. The van der Waals surface area contributed by atoms with Crippen LogP contribution in [-0.4, -0.2) is 15.3 Å². The summed E-state index contributed by atoms with van der Waals surface area (Å²) < 4.78 is 4.54. The van der Waals surface area contributed by atoms with Crippen LogP contribution in [0.5, 0.6) is 0 Å². The number of hydrogen-bond donors (Lipinski definition) is 1. The fraction of sp³-hybridized carbons (Fsp3) is 0.219. The van der Waals surface area contributed by atoms with Crippen LogP contribution < -0.4 is 0 Å². The molecular formula is C32H28Br2N2O. The van der Waals surface area contributed by atoms with Crippen LogP contribution in [-0.2, 0) is 19.4 Å². The zero-order valence-electron chi connectivity index (χ0n) is 21.0. The third-order valence-electron chi connectivity index (χ3n) is 7.48. The number of ketones is 1. The minimum Gasteiger partial charge on any atom is -0.353 e. The number of halogens is 2. The number of H-pyrrole nitrogens is 1. The van der Waals surface area contributed by atoms with E-state index in [-0.39, 0.29) is 5.78 Å². The van der Waals surface area contributed by atoms with Crippen molar-refractivity contribution in [1.29, 1.82) is 0 Å². The number of fused-ring (bicyclic) bond motifs is 5. The molecule has 0 saturated heterocycles. The van der Waals surface area contributed by atoms with E-state index in [1.54, 1.807) is 0 Å². The molecule has 3 heterocycles. The van der Waals surface area contributed by atoms with Crippen molar-refractivity contribution < 1.29 is 4.79 Å². The third kappa shape index (κ3) is 4.13. The highest BCUT2D eigenvalue weighted by Crippen LogP contribution is 2.47. The molecule has 3 nitrogen and oxygen atoms in total. The van der Waals surface area contributed by atoms with Crippen LogP contribution in [0.3, 0.4) is 0 Å². The summed E-state index contributed by atoms with van der Waals surface area (Å²) in [6.07, 6.45) is 3.93. The van der Waals surface area contributed by atoms with Gasteiger partial charge >= 0.3 is 0 Å². The van der Waals surface area contributed by atoms with Crippen LogP contribution in [0.25, 0.3) is 33.4 Å². The van der Waals surface area contributed by atoms with Crippen molar-refractivity contribution in [2.45, 2.75) is 46.1 Å². The predicted molar refractivity (Wildman–Crippen MR) is 159 cm³/mol. The van der Waals surface area contributed by atoms with Gasteiger partial charge in [-0.05, 0) is 49.4 Å². The van der Waals surface area contributed by atoms with Gasteiger partial charge in [0.1, 0.15) is 0 Å². The lowest BCUT2D eigenvalue weighted by Crippen LogP contribution is -2.14. The number of aromatic nitrogens is 2. The predicted octanol–water partition coefficient (Wildman–Crippen LogP) is 9.27. The first kappa shape index (κ1) is 24.4. The van der Waals surface area contributed by atoms with Crippen LogP contribution >= 0.6 is 31.9 Å². The first-order valence-corrected chi connectivity index (χ1v) is 14.5. The Hall–Kier alpha value is -2.89. The summed E-state index contributed by atoms with van der Waals surface area (Å²) >= 11 is 7.47. The Balaban J connectivity index is 1.71. The Bertz CT molecular complexity index is 1640. The lowest BCUT2D eigenvalue weighted by atomic mass is 9.91. The molecule has 1 aliphatic rings. The van der Waals surface area contributed by atoms with Crippen molar-refractivity contribution in [3.63, 3.8) is 0 Å². The van der Waals surface area contributed by atoms with E-state index in [1.165, 1.54) is 16.5 Å². The molecule has 1 aliphatic heterocycles. The second kappa shape index (κ2) is 9.77. The molecule has 0 radical (unpaired) electrons. The van der Waals surface area contributed by atoms with Gasteiger partial charge in [0, 0.05) is 43.2 Å². The molecule has 1 N–H and O–H groups in total. The molecule has 2 aromatic heterocycles. The zero-order chi connectivity index (χ0) is 25.7. The van der Waals surface area contributed by atoms with Crippen LogP contribution in [0, 0.1) is 6.92 Å². The van der Waals surface area contributed by atoms with E-state index in [4.69, 9.17) is 0 Å². The summed E-state index contributed by atoms with van der Waals surface area (Å²) in [6.45, 7) is 5.18.